The zero-order valence-corrected chi connectivity index (χ0v) is 16.9. The van der Waals surface area contributed by atoms with Crippen molar-refractivity contribution in [2.45, 2.75) is 105 Å². The molecular formula is C24H42. The van der Waals surface area contributed by atoms with E-state index in [2.05, 4.69) is 27.7 Å². The Labute approximate surface area is 151 Å². The summed E-state index contributed by atoms with van der Waals surface area (Å²) in [5, 5.41) is 0. The zero-order valence-electron chi connectivity index (χ0n) is 16.9. The first-order chi connectivity index (χ1) is 11.5. The highest BCUT2D eigenvalue weighted by Gasteiger charge is 2.60. The Morgan fingerprint density at radius 3 is 2.33 bits per heavy atom. The smallest absolute Gasteiger partial charge is 0.0264 e. The summed E-state index contributed by atoms with van der Waals surface area (Å²) in [7, 11) is 0. The van der Waals surface area contributed by atoms with E-state index in [4.69, 9.17) is 0 Å². The average molecular weight is 331 g/mol. The fourth-order valence-corrected chi connectivity index (χ4v) is 8.95. The minimum atomic E-state index is 0.700. The van der Waals surface area contributed by atoms with E-state index < -0.39 is 0 Å². The molecule has 0 aromatic rings. The SMILES string of the molecule is CCCC1CCC2C3CC(CC)C4CCCCC4(C)C3CCC12C. The van der Waals surface area contributed by atoms with Crippen LogP contribution in [0.3, 0.4) is 0 Å². The highest BCUT2D eigenvalue weighted by molar-refractivity contribution is 5.10. The molecule has 4 fully saturated rings. The van der Waals surface area contributed by atoms with Gasteiger partial charge < -0.3 is 0 Å². The molecule has 4 aliphatic carbocycles. The van der Waals surface area contributed by atoms with E-state index >= 15 is 0 Å². The van der Waals surface area contributed by atoms with Crippen molar-refractivity contribution in [2.75, 3.05) is 0 Å². The summed E-state index contributed by atoms with van der Waals surface area (Å²) in [6.07, 6.45) is 18.3. The van der Waals surface area contributed by atoms with E-state index in [0.717, 1.165) is 35.5 Å². The molecule has 4 aliphatic rings. The molecule has 0 amide bonds. The third kappa shape index (κ3) is 2.37. The van der Waals surface area contributed by atoms with Crippen molar-refractivity contribution in [3.63, 3.8) is 0 Å². The summed E-state index contributed by atoms with van der Waals surface area (Å²) >= 11 is 0. The molecule has 4 rings (SSSR count). The van der Waals surface area contributed by atoms with Crippen LogP contribution in [0.2, 0.25) is 0 Å². The van der Waals surface area contributed by atoms with Crippen molar-refractivity contribution < 1.29 is 0 Å². The highest BCUT2D eigenvalue weighted by Crippen LogP contribution is 2.69. The summed E-state index contributed by atoms with van der Waals surface area (Å²) in [6.45, 7) is 10.4. The van der Waals surface area contributed by atoms with Gasteiger partial charge in [0.1, 0.15) is 0 Å². The van der Waals surface area contributed by atoms with Crippen LogP contribution in [-0.2, 0) is 0 Å². The second-order valence-corrected chi connectivity index (χ2v) is 10.7. The largest absolute Gasteiger partial charge is 0.0654 e. The molecule has 0 heterocycles. The Balaban J connectivity index is 1.64. The van der Waals surface area contributed by atoms with Gasteiger partial charge in [0, 0.05) is 0 Å². The van der Waals surface area contributed by atoms with Crippen LogP contribution >= 0.6 is 0 Å². The predicted molar refractivity (Wildman–Crippen MR) is 104 cm³/mol. The number of rotatable bonds is 3. The molecular weight excluding hydrogens is 288 g/mol. The lowest BCUT2D eigenvalue weighted by Crippen LogP contribution is -2.55. The van der Waals surface area contributed by atoms with E-state index in [1.807, 2.05) is 0 Å². The van der Waals surface area contributed by atoms with E-state index in [-0.39, 0.29) is 0 Å². The van der Waals surface area contributed by atoms with Gasteiger partial charge in [0.2, 0.25) is 0 Å². The Kier molecular flexibility index (Phi) is 4.58. The van der Waals surface area contributed by atoms with Gasteiger partial charge in [0.05, 0.1) is 0 Å². The molecule has 0 nitrogen and oxygen atoms in total. The van der Waals surface area contributed by atoms with Crippen LogP contribution in [0.4, 0.5) is 0 Å². The third-order valence-corrected chi connectivity index (χ3v) is 10.1. The van der Waals surface area contributed by atoms with Gasteiger partial charge in [-0.2, -0.15) is 0 Å². The molecule has 0 saturated heterocycles. The highest BCUT2D eigenvalue weighted by atomic mass is 14.7. The van der Waals surface area contributed by atoms with Gasteiger partial charge in [-0.05, 0) is 91.3 Å². The molecule has 8 unspecified atom stereocenters. The Morgan fingerprint density at radius 2 is 1.58 bits per heavy atom. The van der Waals surface area contributed by atoms with Gasteiger partial charge >= 0.3 is 0 Å². The van der Waals surface area contributed by atoms with Crippen molar-refractivity contribution in [1.82, 2.24) is 0 Å². The van der Waals surface area contributed by atoms with Crippen LogP contribution in [0.1, 0.15) is 105 Å². The van der Waals surface area contributed by atoms with E-state index in [9.17, 15) is 0 Å². The third-order valence-electron chi connectivity index (χ3n) is 10.1. The van der Waals surface area contributed by atoms with Gasteiger partial charge in [-0.15, -0.1) is 0 Å². The van der Waals surface area contributed by atoms with Crippen LogP contribution in [0.25, 0.3) is 0 Å². The van der Waals surface area contributed by atoms with Gasteiger partial charge in [0.25, 0.3) is 0 Å². The monoisotopic (exact) mass is 330 g/mol. The first-order valence-electron chi connectivity index (χ1n) is 11.5. The molecule has 4 saturated carbocycles. The maximum atomic E-state index is 2.75. The fourth-order valence-electron chi connectivity index (χ4n) is 8.95. The molecule has 0 spiro atoms. The maximum absolute atomic E-state index is 2.75. The molecule has 0 aliphatic heterocycles. The molecule has 0 aromatic carbocycles. The van der Waals surface area contributed by atoms with Gasteiger partial charge in [-0.25, -0.2) is 0 Å². The summed E-state index contributed by atoms with van der Waals surface area (Å²) < 4.78 is 0. The molecule has 138 valence electrons. The molecule has 0 bridgehead atoms. The number of fused-ring (bicyclic) bond motifs is 5. The summed E-state index contributed by atoms with van der Waals surface area (Å²) in [5.41, 5.74) is 1.40. The van der Waals surface area contributed by atoms with Crippen molar-refractivity contribution in [2.24, 2.45) is 46.3 Å². The van der Waals surface area contributed by atoms with Crippen LogP contribution in [0.15, 0.2) is 0 Å². The fraction of sp³-hybridized carbons (Fsp3) is 1.00. The van der Waals surface area contributed by atoms with Crippen molar-refractivity contribution in [1.29, 1.82) is 0 Å². The average Bonchev–Trinajstić information content (AvgIpc) is 2.91. The minimum absolute atomic E-state index is 0.700. The quantitative estimate of drug-likeness (QED) is 0.503. The lowest BCUT2D eigenvalue weighted by atomic mass is 9.42. The van der Waals surface area contributed by atoms with Gasteiger partial charge in [0.15, 0.2) is 0 Å². The van der Waals surface area contributed by atoms with Crippen LogP contribution in [0, 0.1) is 46.3 Å². The van der Waals surface area contributed by atoms with E-state index in [0.29, 0.717) is 10.8 Å². The van der Waals surface area contributed by atoms with Crippen LogP contribution in [0.5, 0.6) is 0 Å². The van der Waals surface area contributed by atoms with E-state index in [1.54, 1.807) is 44.9 Å². The van der Waals surface area contributed by atoms with Crippen LogP contribution in [-0.4, -0.2) is 0 Å². The maximum Gasteiger partial charge on any atom is -0.0264 e. The molecule has 0 heteroatoms. The lowest BCUT2D eigenvalue weighted by molar-refractivity contribution is -0.135. The molecule has 0 N–H and O–H groups in total. The summed E-state index contributed by atoms with van der Waals surface area (Å²) in [4.78, 5) is 0. The Morgan fingerprint density at radius 1 is 0.792 bits per heavy atom. The Hall–Kier alpha value is 0. The van der Waals surface area contributed by atoms with Crippen molar-refractivity contribution in [3.8, 4) is 0 Å². The zero-order chi connectivity index (χ0) is 16.9. The predicted octanol–water partition coefficient (Wildman–Crippen LogP) is 7.47. The van der Waals surface area contributed by atoms with Crippen LogP contribution < -0.4 is 0 Å². The van der Waals surface area contributed by atoms with Gasteiger partial charge in [-0.1, -0.05) is 59.8 Å². The van der Waals surface area contributed by atoms with E-state index in [1.165, 1.54) is 32.1 Å². The molecule has 0 aromatic heterocycles. The molecule has 24 heavy (non-hydrogen) atoms. The van der Waals surface area contributed by atoms with Crippen molar-refractivity contribution >= 4 is 0 Å². The second kappa shape index (κ2) is 6.31. The number of hydrogen-bond donors (Lipinski definition) is 0. The second-order valence-electron chi connectivity index (χ2n) is 10.7. The van der Waals surface area contributed by atoms with Gasteiger partial charge in [-0.3, -0.25) is 0 Å². The Bertz CT molecular complexity index is 453. The summed E-state index contributed by atoms with van der Waals surface area (Å²) in [6, 6.07) is 0. The molecule has 8 atom stereocenters. The first-order valence-corrected chi connectivity index (χ1v) is 11.5. The normalized spacial score (nSPS) is 54.0. The topological polar surface area (TPSA) is 0 Å². The minimum Gasteiger partial charge on any atom is -0.0654 e. The summed E-state index contributed by atoms with van der Waals surface area (Å²) in [5.74, 6) is 6.38. The molecule has 0 radical (unpaired) electrons. The first kappa shape index (κ1) is 17.4. The lowest BCUT2D eigenvalue weighted by Gasteiger charge is -2.62. The standard InChI is InChI=1S/C24H42/c1-5-9-18-11-12-21-19-16-17(6-2)20-10-7-8-14-24(20,4)22(19)13-15-23(18,21)3/h17-22H,5-16H2,1-4H3. The number of hydrogen-bond acceptors (Lipinski definition) is 0. The van der Waals surface area contributed by atoms with Crippen molar-refractivity contribution in [3.05, 3.63) is 0 Å².